The summed E-state index contributed by atoms with van der Waals surface area (Å²) in [5, 5.41) is 22.6. The summed E-state index contributed by atoms with van der Waals surface area (Å²) in [6.07, 6.45) is 5.93. The van der Waals surface area contributed by atoms with Crippen LogP contribution in [-0.4, -0.2) is 46.2 Å². The van der Waals surface area contributed by atoms with Crippen molar-refractivity contribution < 1.29 is 14.3 Å². The van der Waals surface area contributed by atoms with E-state index in [9.17, 15) is 19.6 Å². The molecule has 156 valence electrons. The molecule has 4 rings (SSSR count). The van der Waals surface area contributed by atoms with E-state index >= 15 is 0 Å². The minimum absolute atomic E-state index is 0.195. The number of anilines is 1. The van der Waals surface area contributed by atoms with Crippen molar-refractivity contribution in [1.29, 1.82) is 5.26 Å². The number of hydrogen-bond acceptors (Lipinski definition) is 6. The van der Waals surface area contributed by atoms with Gasteiger partial charge in [-0.3, -0.25) is 4.79 Å². The number of nitrogens with zero attached hydrogens (tertiary/aromatic N) is 4. The fourth-order valence-electron chi connectivity index (χ4n) is 4.42. The maximum absolute atomic E-state index is 14.4. The van der Waals surface area contributed by atoms with Gasteiger partial charge in [-0.25, -0.2) is 14.4 Å². The van der Waals surface area contributed by atoms with E-state index in [4.69, 9.17) is 0 Å². The van der Waals surface area contributed by atoms with Crippen LogP contribution in [0, 0.1) is 22.6 Å². The monoisotopic (exact) mass is 409 g/mol. The van der Waals surface area contributed by atoms with E-state index in [1.54, 1.807) is 18.2 Å². The molecule has 0 spiro atoms. The van der Waals surface area contributed by atoms with Crippen LogP contribution in [-0.2, 0) is 11.2 Å². The first-order valence-electron chi connectivity index (χ1n) is 10.2. The predicted octanol–water partition coefficient (Wildman–Crippen LogP) is 1.96. The number of benzene rings is 1. The summed E-state index contributed by atoms with van der Waals surface area (Å²) in [5.74, 6) is -0.122. The molecule has 0 radical (unpaired) electrons. The Kier molecular flexibility index (Phi) is 5.64. The number of carbonyl (C=O) groups excluding carboxylic acids is 1. The van der Waals surface area contributed by atoms with Crippen molar-refractivity contribution in [2.24, 2.45) is 5.41 Å². The quantitative estimate of drug-likeness (QED) is 0.783. The summed E-state index contributed by atoms with van der Waals surface area (Å²) in [6.45, 7) is 0.590. The second-order valence-electron chi connectivity index (χ2n) is 8.18. The van der Waals surface area contributed by atoms with Gasteiger partial charge in [-0.15, -0.1) is 0 Å². The molecule has 30 heavy (non-hydrogen) atoms. The number of aliphatic hydroxyl groups excluding tert-OH is 1. The van der Waals surface area contributed by atoms with Gasteiger partial charge in [0.05, 0.1) is 17.6 Å². The van der Waals surface area contributed by atoms with Crippen LogP contribution in [0.15, 0.2) is 36.7 Å². The third-order valence-corrected chi connectivity index (χ3v) is 6.09. The normalized spacial score (nSPS) is 22.6. The average molecular weight is 409 g/mol. The molecule has 1 saturated heterocycles. The third-order valence-electron chi connectivity index (χ3n) is 6.09. The largest absolute Gasteiger partial charge is 0.391 e. The Morgan fingerprint density at radius 1 is 1.27 bits per heavy atom. The lowest BCUT2D eigenvalue weighted by atomic mass is 9.73. The molecule has 8 heteroatoms. The van der Waals surface area contributed by atoms with E-state index < -0.39 is 11.5 Å². The van der Waals surface area contributed by atoms with Crippen molar-refractivity contribution in [1.82, 2.24) is 15.3 Å². The van der Waals surface area contributed by atoms with Gasteiger partial charge in [0.25, 0.3) is 0 Å². The zero-order valence-corrected chi connectivity index (χ0v) is 16.6. The van der Waals surface area contributed by atoms with Gasteiger partial charge >= 0.3 is 0 Å². The molecule has 2 fully saturated rings. The van der Waals surface area contributed by atoms with Gasteiger partial charge in [-0.2, -0.15) is 5.26 Å². The van der Waals surface area contributed by atoms with Crippen molar-refractivity contribution in [3.05, 3.63) is 53.7 Å². The molecule has 2 aliphatic rings. The van der Waals surface area contributed by atoms with Crippen molar-refractivity contribution in [2.45, 2.75) is 44.2 Å². The molecule has 0 bridgehead atoms. The van der Waals surface area contributed by atoms with Gasteiger partial charge in [0.2, 0.25) is 5.91 Å². The summed E-state index contributed by atoms with van der Waals surface area (Å²) in [5.41, 5.74) is -0.208. The highest BCUT2D eigenvalue weighted by Crippen LogP contribution is 2.38. The van der Waals surface area contributed by atoms with Gasteiger partial charge in [-0.05, 0) is 30.9 Å². The highest BCUT2D eigenvalue weighted by Gasteiger charge is 2.51. The Hall–Kier alpha value is -3.05. The Morgan fingerprint density at radius 2 is 2.00 bits per heavy atom. The molecule has 2 heterocycles. The fourth-order valence-corrected chi connectivity index (χ4v) is 4.42. The maximum Gasteiger partial charge on any atom is 0.230 e. The van der Waals surface area contributed by atoms with E-state index in [-0.39, 0.29) is 29.9 Å². The number of nitrogens with one attached hydrogen (secondary N) is 1. The number of halogens is 1. The van der Waals surface area contributed by atoms with Gasteiger partial charge in [0.1, 0.15) is 11.9 Å². The van der Waals surface area contributed by atoms with E-state index in [1.165, 1.54) is 18.5 Å². The molecule has 2 atom stereocenters. The van der Waals surface area contributed by atoms with Crippen molar-refractivity contribution in [2.75, 3.05) is 18.0 Å². The van der Waals surface area contributed by atoms with E-state index in [1.807, 2.05) is 11.0 Å². The summed E-state index contributed by atoms with van der Waals surface area (Å²) < 4.78 is 14.4. The minimum atomic E-state index is -0.871. The number of aliphatic hydroxyl groups is 1. The second kappa shape index (κ2) is 8.36. The number of carbonyl (C=O) groups is 1. The maximum atomic E-state index is 14.4. The molecular formula is C22H24FN5O2. The van der Waals surface area contributed by atoms with Crippen molar-refractivity contribution in [3.8, 4) is 6.07 Å². The molecule has 2 aromatic rings. The molecular weight excluding hydrogens is 385 g/mol. The average Bonchev–Trinajstić information content (AvgIpc) is 2.73. The van der Waals surface area contributed by atoms with E-state index in [0.29, 0.717) is 30.9 Å². The van der Waals surface area contributed by atoms with Gasteiger partial charge in [0, 0.05) is 25.5 Å². The predicted molar refractivity (Wildman–Crippen MR) is 108 cm³/mol. The van der Waals surface area contributed by atoms with Gasteiger partial charge in [0.15, 0.2) is 11.5 Å². The Bertz CT molecular complexity index is 970. The minimum Gasteiger partial charge on any atom is -0.391 e. The smallest absolute Gasteiger partial charge is 0.230 e. The highest BCUT2D eigenvalue weighted by molar-refractivity contribution is 5.87. The molecule has 1 amide bonds. The standard InChI is InChI=1S/C22H24FN5O2/c23-16-6-2-1-5-15(16)11-22(21(30)27-17-7-3-4-8-19(17)29)13-28(14-22)20-18(12-24)25-9-10-26-20/h1-2,5-6,9-10,17,19,29H,3-4,7-8,11,13-14H2,(H,27,30)/t17-,19-/m1/s1. The second-order valence-corrected chi connectivity index (χ2v) is 8.18. The fraction of sp³-hybridized carbons (Fsp3) is 0.455. The van der Waals surface area contributed by atoms with Crippen molar-refractivity contribution >= 4 is 11.7 Å². The molecule has 1 saturated carbocycles. The SMILES string of the molecule is N#Cc1nccnc1N1CC(Cc2ccccc2F)(C(=O)N[C@@H]2CCCC[C@H]2O)C1. The zero-order chi connectivity index (χ0) is 21.1. The Labute approximate surface area is 174 Å². The molecule has 1 aliphatic heterocycles. The molecule has 0 unspecified atom stereocenters. The lowest BCUT2D eigenvalue weighted by molar-refractivity contribution is -0.134. The lowest BCUT2D eigenvalue weighted by Crippen LogP contribution is -2.66. The van der Waals surface area contributed by atoms with Crippen LogP contribution in [0.2, 0.25) is 0 Å². The van der Waals surface area contributed by atoms with E-state index in [0.717, 1.165) is 19.3 Å². The van der Waals surface area contributed by atoms with Crippen LogP contribution in [0.1, 0.15) is 36.9 Å². The third kappa shape index (κ3) is 3.85. The highest BCUT2D eigenvalue weighted by atomic mass is 19.1. The van der Waals surface area contributed by atoms with Gasteiger partial charge in [-0.1, -0.05) is 31.0 Å². The van der Waals surface area contributed by atoms with Crippen LogP contribution in [0.4, 0.5) is 10.2 Å². The van der Waals surface area contributed by atoms with Crippen LogP contribution in [0.5, 0.6) is 0 Å². The molecule has 2 N–H and O–H groups in total. The van der Waals surface area contributed by atoms with Crippen LogP contribution >= 0.6 is 0 Å². The number of amides is 1. The summed E-state index contributed by atoms with van der Waals surface area (Å²) in [6, 6.07) is 8.18. The van der Waals surface area contributed by atoms with E-state index in [2.05, 4.69) is 15.3 Å². The van der Waals surface area contributed by atoms with Gasteiger partial charge < -0.3 is 15.3 Å². The van der Waals surface area contributed by atoms with Crippen LogP contribution in [0.25, 0.3) is 0 Å². The Morgan fingerprint density at radius 3 is 2.73 bits per heavy atom. The molecule has 7 nitrogen and oxygen atoms in total. The Balaban J connectivity index is 1.57. The van der Waals surface area contributed by atoms with Crippen LogP contribution in [0.3, 0.4) is 0 Å². The number of hydrogen-bond donors (Lipinski definition) is 2. The molecule has 1 aromatic heterocycles. The molecule has 1 aromatic carbocycles. The van der Waals surface area contributed by atoms with Crippen LogP contribution < -0.4 is 10.2 Å². The first kappa shape index (κ1) is 20.2. The topological polar surface area (TPSA) is 102 Å². The summed E-state index contributed by atoms with van der Waals surface area (Å²) >= 11 is 0. The number of aromatic nitrogens is 2. The number of nitriles is 1. The lowest BCUT2D eigenvalue weighted by Gasteiger charge is -2.50. The number of rotatable bonds is 5. The summed E-state index contributed by atoms with van der Waals surface area (Å²) in [7, 11) is 0. The zero-order valence-electron chi connectivity index (χ0n) is 16.6. The first-order valence-corrected chi connectivity index (χ1v) is 10.2. The van der Waals surface area contributed by atoms with Crippen molar-refractivity contribution in [3.63, 3.8) is 0 Å². The molecule has 1 aliphatic carbocycles. The summed E-state index contributed by atoms with van der Waals surface area (Å²) in [4.78, 5) is 23.4. The first-order chi connectivity index (χ1) is 14.5.